The summed E-state index contributed by atoms with van der Waals surface area (Å²) in [5.74, 6) is 0.843. The van der Waals surface area contributed by atoms with Gasteiger partial charge in [-0.25, -0.2) is 4.98 Å². The molecule has 1 aliphatic rings. The molecule has 6 nitrogen and oxygen atoms in total. The van der Waals surface area contributed by atoms with Crippen molar-refractivity contribution in [2.75, 3.05) is 23.8 Å². The second-order valence-corrected chi connectivity index (χ2v) is 6.96. The molecule has 1 fully saturated rings. The summed E-state index contributed by atoms with van der Waals surface area (Å²) in [5, 5.41) is 8.17. The zero-order valence-electron chi connectivity index (χ0n) is 15.2. The van der Waals surface area contributed by atoms with Gasteiger partial charge in [-0.3, -0.25) is 0 Å². The maximum Gasteiger partial charge on any atom is 0.130 e. The average Bonchev–Trinajstić information content (AvgIpc) is 3.09. The fraction of sp³-hybridized carbons (Fsp3) is 0.350. The Morgan fingerprint density at radius 1 is 1.23 bits per heavy atom. The van der Waals surface area contributed by atoms with E-state index in [0.29, 0.717) is 6.61 Å². The SMILES string of the molecule is Cc1ccc(Nc2cc(N[C@@H]3CCOC[C@@H]3N)cc3[nH]ccc23)nc1C. The zero-order chi connectivity index (χ0) is 18.1. The van der Waals surface area contributed by atoms with Crippen LogP contribution in [0.1, 0.15) is 17.7 Å². The quantitative estimate of drug-likeness (QED) is 0.578. The van der Waals surface area contributed by atoms with E-state index in [1.807, 2.05) is 19.2 Å². The van der Waals surface area contributed by atoms with Crippen LogP contribution in [0, 0.1) is 13.8 Å². The first kappa shape index (κ1) is 16.9. The number of aromatic nitrogens is 2. The third kappa shape index (κ3) is 3.38. The fourth-order valence-electron chi connectivity index (χ4n) is 3.35. The molecule has 1 aromatic carbocycles. The van der Waals surface area contributed by atoms with Crippen LogP contribution in [-0.4, -0.2) is 35.3 Å². The van der Waals surface area contributed by atoms with Gasteiger partial charge in [0.05, 0.1) is 12.3 Å². The van der Waals surface area contributed by atoms with E-state index in [0.717, 1.165) is 46.8 Å². The molecule has 1 saturated heterocycles. The topological polar surface area (TPSA) is 88.0 Å². The van der Waals surface area contributed by atoms with Gasteiger partial charge in [-0.05, 0) is 50.1 Å². The average molecular weight is 351 g/mol. The Bertz CT molecular complexity index is 920. The number of ether oxygens (including phenoxy) is 1. The largest absolute Gasteiger partial charge is 0.380 e. The molecule has 3 heterocycles. The van der Waals surface area contributed by atoms with E-state index in [-0.39, 0.29) is 12.1 Å². The van der Waals surface area contributed by atoms with Gasteiger partial charge in [0.2, 0.25) is 0 Å². The van der Waals surface area contributed by atoms with E-state index in [1.54, 1.807) is 0 Å². The number of hydrogen-bond donors (Lipinski definition) is 4. The number of H-pyrrole nitrogens is 1. The highest BCUT2D eigenvalue weighted by Crippen LogP contribution is 2.30. The molecule has 0 bridgehead atoms. The van der Waals surface area contributed by atoms with Gasteiger partial charge in [-0.15, -0.1) is 0 Å². The Hall–Kier alpha value is -2.57. The van der Waals surface area contributed by atoms with E-state index in [4.69, 9.17) is 10.5 Å². The van der Waals surface area contributed by atoms with Crippen molar-refractivity contribution in [1.29, 1.82) is 0 Å². The summed E-state index contributed by atoms with van der Waals surface area (Å²) in [6.45, 7) is 5.43. The molecule has 1 aliphatic heterocycles. The van der Waals surface area contributed by atoms with Crippen molar-refractivity contribution < 1.29 is 4.74 Å². The van der Waals surface area contributed by atoms with Gasteiger partial charge in [0.15, 0.2) is 0 Å². The molecule has 0 saturated carbocycles. The van der Waals surface area contributed by atoms with Crippen molar-refractivity contribution in [3.63, 3.8) is 0 Å². The van der Waals surface area contributed by atoms with Crippen LogP contribution in [0.15, 0.2) is 36.5 Å². The summed E-state index contributed by atoms with van der Waals surface area (Å²) in [6, 6.07) is 10.6. The minimum atomic E-state index is 0.000845. The number of pyridine rings is 1. The van der Waals surface area contributed by atoms with Gasteiger partial charge >= 0.3 is 0 Å². The van der Waals surface area contributed by atoms with Crippen LogP contribution in [0.2, 0.25) is 0 Å². The third-order valence-electron chi connectivity index (χ3n) is 5.03. The second kappa shape index (κ2) is 6.97. The molecule has 0 amide bonds. The van der Waals surface area contributed by atoms with Gasteiger partial charge in [0.1, 0.15) is 5.82 Å². The molecule has 0 aliphatic carbocycles. The number of nitrogens with two attached hydrogens (primary N) is 1. The van der Waals surface area contributed by atoms with E-state index in [1.165, 1.54) is 5.56 Å². The standard InChI is InChI=1S/C20H25N5O/c1-12-3-4-20(23-13(12)2)25-19-10-14(9-18-15(19)5-7-22-18)24-17-6-8-26-11-16(17)21/h3-5,7,9-10,16-17,22,24H,6,8,11,21H2,1-2H3,(H,23,25)/t16-,17+/m0/s1. The van der Waals surface area contributed by atoms with Crippen LogP contribution < -0.4 is 16.4 Å². The van der Waals surface area contributed by atoms with Crippen LogP contribution in [0.3, 0.4) is 0 Å². The summed E-state index contributed by atoms with van der Waals surface area (Å²) in [6.07, 6.45) is 2.86. The summed E-state index contributed by atoms with van der Waals surface area (Å²) < 4.78 is 5.44. The van der Waals surface area contributed by atoms with Crippen molar-refractivity contribution in [2.45, 2.75) is 32.4 Å². The number of hydrogen-bond acceptors (Lipinski definition) is 5. The van der Waals surface area contributed by atoms with Gasteiger partial charge in [0.25, 0.3) is 0 Å². The maximum atomic E-state index is 6.19. The predicted molar refractivity (Wildman–Crippen MR) is 106 cm³/mol. The first-order valence-electron chi connectivity index (χ1n) is 9.02. The molecular weight excluding hydrogens is 326 g/mol. The predicted octanol–water partition coefficient (Wildman–Crippen LogP) is 3.45. The minimum Gasteiger partial charge on any atom is -0.380 e. The Morgan fingerprint density at radius 3 is 2.92 bits per heavy atom. The summed E-state index contributed by atoms with van der Waals surface area (Å²) in [5.41, 5.74) is 11.5. The van der Waals surface area contributed by atoms with Crippen molar-refractivity contribution in [1.82, 2.24) is 9.97 Å². The van der Waals surface area contributed by atoms with Gasteiger partial charge in [0, 0.05) is 47.2 Å². The number of aromatic amines is 1. The van der Waals surface area contributed by atoms with E-state index < -0.39 is 0 Å². The van der Waals surface area contributed by atoms with E-state index in [9.17, 15) is 0 Å². The van der Waals surface area contributed by atoms with Crippen molar-refractivity contribution in [2.24, 2.45) is 5.73 Å². The molecule has 0 radical (unpaired) electrons. The number of anilines is 3. The first-order chi connectivity index (χ1) is 12.6. The number of nitrogens with zero attached hydrogens (tertiary/aromatic N) is 1. The lowest BCUT2D eigenvalue weighted by atomic mass is 10.0. The lowest BCUT2D eigenvalue weighted by Crippen LogP contribution is -2.47. The third-order valence-corrected chi connectivity index (χ3v) is 5.03. The van der Waals surface area contributed by atoms with Crippen LogP contribution in [0.5, 0.6) is 0 Å². The molecule has 0 unspecified atom stereocenters. The molecule has 6 heteroatoms. The van der Waals surface area contributed by atoms with Crippen molar-refractivity contribution in [3.8, 4) is 0 Å². The molecule has 2 aromatic heterocycles. The smallest absolute Gasteiger partial charge is 0.130 e. The maximum absolute atomic E-state index is 6.19. The monoisotopic (exact) mass is 351 g/mol. The van der Waals surface area contributed by atoms with Crippen LogP contribution in [0.4, 0.5) is 17.2 Å². The van der Waals surface area contributed by atoms with Crippen molar-refractivity contribution in [3.05, 3.63) is 47.8 Å². The van der Waals surface area contributed by atoms with Crippen LogP contribution >= 0.6 is 0 Å². The van der Waals surface area contributed by atoms with Crippen molar-refractivity contribution >= 4 is 28.1 Å². The van der Waals surface area contributed by atoms with E-state index in [2.05, 4.69) is 51.8 Å². The fourth-order valence-corrected chi connectivity index (χ4v) is 3.35. The van der Waals surface area contributed by atoms with Gasteiger partial charge < -0.3 is 26.1 Å². The van der Waals surface area contributed by atoms with Gasteiger partial charge in [-0.1, -0.05) is 6.07 Å². The Kier molecular flexibility index (Phi) is 4.53. The molecule has 136 valence electrons. The number of benzene rings is 1. The lowest BCUT2D eigenvalue weighted by molar-refractivity contribution is 0.0752. The molecule has 0 spiro atoms. The molecule has 4 rings (SSSR count). The molecule has 3 aromatic rings. The Morgan fingerprint density at radius 2 is 2.12 bits per heavy atom. The molecule has 2 atom stereocenters. The first-order valence-corrected chi connectivity index (χ1v) is 9.02. The minimum absolute atomic E-state index is 0.000845. The number of rotatable bonds is 4. The Labute approximate surface area is 153 Å². The number of nitrogens with one attached hydrogen (secondary N) is 3. The summed E-state index contributed by atoms with van der Waals surface area (Å²) >= 11 is 0. The highest BCUT2D eigenvalue weighted by atomic mass is 16.5. The zero-order valence-corrected chi connectivity index (χ0v) is 15.2. The number of fused-ring (bicyclic) bond motifs is 1. The van der Waals surface area contributed by atoms with E-state index >= 15 is 0 Å². The molecule has 5 N–H and O–H groups in total. The lowest BCUT2D eigenvalue weighted by Gasteiger charge is -2.30. The van der Waals surface area contributed by atoms with Gasteiger partial charge in [-0.2, -0.15) is 0 Å². The highest BCUT2D eigenvalue weighted by Gasteiger charge is 2.22. The summed E-state index contributed by atoms with van der Waals surface area (Å²) in [4.78, 5) is 7.94. The summed E-state index contributed by atoms with van der Waals surface area (Å²) in [7, 11) is 0. The van der Waals surface area contributed by atoms with Crippen LogP contribution in [0.25, 0.3) is 10.9 Å². The second-order valence-electron chi connectivity index (χ2n) is 6.96. The Balaban J connectivity index is 1.64. The van der Waals surface area contributed by atoms with Crippen LogP contribution in [-0.2, 0) is 4.74 Å². The molecule has 26 heavy (non-hydrogen) atoms. The normalized spacial score (nSPS) is 20.3. The highest BCUT2D eigenvalue weighted by molar-refractivity contribution is 5.96. The molecular formula is C20H25N5O. The number of aryl methyl sites for hydroxylation is 2.